The van der Waals surface area contributed by atoms with E-state index in [9.17, 15) is 4.79 Å². The Kier molecular flexibility index (Phi) is 5.33. The fourth-order valence-corrected chi connectivity index (χ4v) is 2.99. The number of amides is 1. The second-order valence-electron chi connectivity index (χ2n) is 6.63. The number of aromatic nitrogens is 4. The Morgan fingerprint density at radius 3 is 2.38 bits per heavy atom. The summed E-state index contributed by atoms with van der Waals surface area (Å²) in [5.74, 6) is 0.400. The molecule has 0 unspecified atom stereocenters. The van der Waals surface area contributed by atoms with Gasteiger partial charge >= 0.3 is 0 Å². The minimum Gasteiger partial charge on any atom is -0.310 e. The molecule has 29 heavy (non-hydrogen) atoms. The predicted octanol–water partition coefficient (Wildman–Crippen LogP) is 4.09. The maximum atomic E-state index is 12.4. The van der Waals surface area contributed by atoms with Crippen LogP contribution in [0.3, 0.4) is 0 Å². The average molecular weight is 381 g/mol. The van der Waals surface area contributed by atoms with Gasteiger partial charge in [-0.3, -0.25) is 9.78 Å². The third kappa shape index (κ3) is 4.68. The Morgan fingerprint density at radius 2 is 1.69 bits per heavy atom. The molecule has 4 rings (SSSR count). The van der Waals surface area contributed by atoms with E-state index in [0.717, 1.165) is 33.6 Å². The van der Waals surface area contributed by atoms with E-state index in [-0.39, 0.29) is 12.3 Å². The molecule has 0 saturated carbocycles. The topological polar surface area (TPSA) is 80.7 Å². The number of hydrogen-bond donors (Lipinski definition) is 1. The third-order valence-corrected chi connectivity index (χ3v) is 4.46. The molecule has 0 fully saturated rings. The molecule has 1 aromatic carbocycles. The van der Waals surface area contributed by atoms with Gasteiger partial charge in [0, 0.05) is 29.8 Å². The number of nitrogens with one attached hydrogen (secondary N) is 1. The minimum absolute atomic E-state index is 0.111. The number of anilines is 1. The van der Waals surface area contributed by atoms with Crippen LogP contribution in [0.2, 0.25) is 0 Å². The summed E-state index contributed by atoms with van der Waals surface area (Å²) in [5.41, 5.74) is 5.78. The van der Waals surface area contributed by atoms with Gasteiger partial charge < -0.3 is 5.32 Å². The van der Waals surface area contributed by atoms with Gasteiger partial charge in [0.15, 0.2) is 0 Å². The van der Waals surface area contributed by atoms with Crippen molar-refractivity contribution in [2.24, 2.45) is 0 Å². The van der Waals surface area contributed by atoms with Crippen molar-refractivity contribution < 1.29 is 4.79 Å². The number of aryl methyl sites for hydroxylation is 1. The summed E-state index contributed by atoms with van der Waals surface area (Å²) in [6, 6.07) is 17.4. The highest BCUT2D eigenvalue weighted by molar-refractivity contribution is 5.91. The van der Waals surface area contributed by atoms with Crippen molar-refractivity contribution in [3.8, 4) is 22.4 Å². The van der Waals surface area contributed by atoms with Gasteiger partial charge in [-0.1, -0.05) is 24.3 Å². The smallest absolute Gasteiger partial charge is 0.229 e. The Balaban J connectivity index is 1.38. The standard InChI is InChI=1S/C23H19N5O/c1-16-12-19(8-11-25-16)18-4-2-17(3-5-18)13-23(29)28-22-7-6-20(14-26-22)21-9-10-24-15-27-21/h2-12,14-15H,13H2,1H3,(H,26,28,29). The van der Waals surface area contributed by atoms with Gasteiger partial charge in [-0.2, -0.15) is 0 Å². The zero-order valence-electron chi connectivity index (χ0n) is 15.9. The van der Waals surface area contributed by atoms with E-state index in [1.165, 1.54) is 6.33 Å². The van der Waals surface area contributed by atoms with Gasteiger partial charge in [-0.05, 0) is 53.9 Å². The van der Waals surface area contributed by atoms with E-state index < -0.39 is 0 Å². The zero-order valence-corrected chi connectivity index (χ0v) is 15.9. The van der Waals surface area contributed by atoms with Crippen molar-refractivity contribution in [2.75, 3.05) is 5.32 Å². The molecule has 6 nitrogen and oxygen atoms in total. The lowest BCUT2D eigenvalue weighted by Crippen LogP contribution is -2.15. The zero-order chi connectivity index (χ0) is 20.1. The monoisotopic (exact) mass is 381 g/mol. The van der Waals surface area contributed by atoms with Crippen molar-refractivity contribution in [3.05, 3.63) is 90.8 Å². The molecule has 1 N–H and O–H groups in total. The lowest BCUT2D eigenvalue weighted by Gasteiger charge is -2.07. The largest absolute Gasteiger partial charge is 0.310 e. The predicted molar refractivity (Wildman–Crippen MR) is 112 cm³/mol. The van der Waals surface area contributed by atoms with Crippen LogP contribution in [0.5, 0.6) is 0 Å². The maximum absolute atomic E-state index is 12.4. The van der Waals surface area contributed by atoms with Crippen LogP contribution < -0.4 is 5.32 Å². The van der Waals surface area contributed by atoms with Gasteiger partial charge in [0.2, 0.25) is 5.91 Å². The van der Waals surface area contributed by atoms with Crippen LogP contribution in [0.15, 0.2) is 79.5 Å². The fraction of sp³-hybridized carbons (Fsp3) is 0.0870. The number of pyridine rings is 2. The highest BCUT2D eigenvalue weighted by Gasteiger charge is 2.07. The number of hydrogen-bond acceptors (Lipinski definition) is 5. The van der Waals surface area contributed by atoms with Gasteiger partial charge in [-0.25, -0.2) is 15.0 Å². The van der Waals surface area contributed by atoms with Crippen LogP contribution in [-0.2, 0) is 11.2 Å². The van der Waals surface area contributed by atoms with E-state index >= 15 is 0 Å². The van der Waals surface area contributed by atoms with Crippen molar-refractivity contribution in [2.45, 2.75) is 13.3 Å². The molecule has 0 aliphatic carbocycles. The number of benzene rings is 1. The first-order valence-electron chi connectivity index (χ1n) is 9.22. The first kappa shape index (κ1) is 18.4. The Labute approximate surface area is 168 Å². The summed E-state index contributed by atoms with van der Waals surface area (Å²) in [6.45, 7) is 1.97. The van der Waals surface area contributed by atoms with E-state index in [1.54, 1.807) is 24.7 Å². The van der Waals surface area contributed by atoms with E-state index in [1.807, 2.05) is 55.5 Å². The van der Waals surface area contributed by atoms with Crippen molar-refractivity contribution >= 4 is 11.7 Å². The number of nitrogens with zero attached hydrogens (tertiary/aromatic N) is 4. The second-order valence-corrected chi connectivity index (χ2v) is 6.63. The summed E-state index contributed by atoms with van der Waals surface area (Å²) >= 11 is 0. The number of carbonyl (C=O) groups is 1. The van der Waals surface area contributed by atoms with Gasteiger partial charge in [0.1, 0.15) is 12.1 Å². The first-order valence-corrected chi connectivity index (χ1v) is 9.22. The molecule has 0 saturated heterocycles. The minimum atomic E-state index is -0.111. The molecular formula is C23H19N5O. The molecule has 3 heterocycles. The Morgan fingerprint density at radius 1 is 0.862 bits per heavy atom. The molecule has 0 radical (unpaired) electrons. The Bertz CT molecular complexity index is 1110. The highest BCUT2D eigenvalue weighted by Crippen LogP contribution is 2.20. The van der Waals surface area contributed by atoms with Crippen LogP contribution in [0, 0.1) is 6.92 Å². The SMILES string of the molecule is Cc1cc(-c2ccc(CC(=O)Nc3ccc(-c4ccncn4)cn3)cc2)ccn1. The maximum Gasteiger partial charge on any atom is 0.229 e. The van der Waals surface area contributed by atoms with Crippen molar-refractivity contribution in [3.63, 3.8) is 0 Å². The summed E-state index contributed by atoms with van der Waals surface area (Å²) < 4.78 is 0. The second kappa shape index (κ2) is 8.39. The quantitative estimate of drug-likeness (QED) is 0.563. The van der Waals surface area contributed by atoms with Gasteiger partial charge in [-0.15, -0.1) is 0 Å². The van der Waals surface area contributed by atoms with E-state index in [0.29, 0.717) is 5.82 Å². The molecule has 0 bridgehead atoms. The van der Waals surface area contributed by atoms with E-state index in [2.05, 4.69) is 25.3 Å². The molecule has 0 spiro atoms. The van der Waals surface area contributed by atoms with Gasteiger partial charge in [0.05, 0.1) is 12.1 Å². The summed E-state index contributed by atoms with van der Waals surface area (Å²) in [4.78, 5) is 29.0. The molecule has 4 aromatic rings. The normalized spacial score (nSPS) is 10.5. The third-order valence-electron chi connectivity index (χ3n) is 4.46. The van der Waals surface area contributed by atoms with Gasteiger partial charge in [0.25, 0.3) is 0 Å². The lowest BCUT2D eigenvalue weighted by molar-refractivity contribution is -0.115. The molecule has 6 heteroatoms. The van der Waals surface area contributed by atoms with Crippen molar-refractivity contribution in [1.29, 1.82) is 0 Å². The lowest BCUT2D eigenvalue weighted by atomic mass is 10.0. The average Bonchev–Trinajstić information content (AvgIpc) is 2.75. The molecule has 1 amide bonds. The molecule has 0 aliphatic heterocycles. The molecule has 3 aromatic heterocycles. The van der Waals surface area contributed by atoms with Crippen molar-refractivity contribution in [1.82, 2.24) is 19.9 Å². The highest BCUT2D eigenvalue weighted by atomic mass is 16.1. The molecule has 142 valence electrons. The van der Waals surface area contributed by atoms with Crippen LogP contribution in [0.4, 0.5) is 5.82 Å². The summed E-state index contributed by atoms with van der Waals surface area (Å²) in [5, 5.41) is 2.83. The number of carbonyl (C=O) groups excluding carboxylic acids is 1. The van der Waals surface area contributed by atoms with Crippen LogP contribution in [0.1, 0.15) is 11.3 Å². The summed E-state index contributed by atoms with van der Waals surface area (Å²) in [7, 11) is 0. The molecular weight excluding hydrogens is 362 g/mol. The fourth-order valence-electron chi connectivity index (χ4n) is 2.99. The summed E-state index contributed by atoms with van der Waals surface area (Å²) in [6.07, 6.45) is 6.94. The Hall–Kier alpha value is -3.93. The number of rotatable bonds is 5. The first-order chi connectivity index (χ1) is 14.2. The molecule has 0 atom stereocenters. The molecule has 0 aliphatic rings. The van der Waals surface area contributed by atoms with Crippen LogP contribution in [0.25, 0.3) is 22.4 Å². The van der Waals surface area contributed by atoms with Crippen LogP contribution >= 0.6 is 0 Å². The van der Waals surface area contributed by atoms with Crippen LogP contribution in [-0.4, -0.2) is 25.8 Å². The van der Waals surface area contributed by atoms with E-state index in [4.69, 9.17) is 0 Å².